The van der Waals surface area contributed by atoms with Crippen LogP contribution in [-0.2, 0) is 6.54 Å². The lowest BCUT2D eigenvalue weighted by molar-refractivity contribution is 0.0695. The molecule has 0 amide bonds. The molecule has 0 spiro atoms. The van der Waals surface area contributed by atoms with Crippen LogP contribution in [0.5, 0.6) is 0 Å². The van der Waals surface area contributed by atoms with Gasteiger partial charge in [-0.2, -0.15) is 0 Å². The largest absolute Gasteiger partial charge is 0.478 e. The minimum atomic E-state index is -0.985. The van der Waals surface area contributed by atoms with Crippen molar-refractivity contribution in [2.24, 2.45) is 5.92 Å². The van der Waals surface area contributed by atoms with Gasteiger partial charge in [-0.25, -0.2) is 4.79 Å². The minimum Gasteiger partial charge on any atom is -0.478 e. The highest BCUT2D eigenvalue weighted by molar-refractivity contribution is 5.95. The molecule has 1 heterocycles. The molecule has 2 rings (SSSR count). The summed E-state index contributed by atoms with van der Waals surface area (Å²) in [7, 11) is 0. The zero-order valence-corrected chi connectivity index (χ0v) is 10.2. The molecular formula is C13H18N2O3. The van der Waals surface area contributed by atoms with Crippen molar-refractivity contribution in [3.05, 3.63) is 29.3 Å². The number of hydrogen-bond donors (Lipinski definition) is 3. The zero-order valence-electron chi connectivity index (χ0n) is 10.2. The zero-order chi connectivity index (χ0) is 13.1. The van der Waals surface area contributed by atoms with Crippen LogP contribution < -0.4 is 5.73 Å². The third kappa shape index (κ3) is 2.63. The molecule has 1 atom stereocenters. The van der Waals surface area contributed by atoms with Gasteiger partial charge in [0.2, 0.25) is 0 Å². The van der Waals surface area contributed by atoms with Crippen LogP contribution in [0.3, 0.4) is 0 Å². The minimum absolute atomic E-state index is 0.194. The summed E-state index contributed by atoms with van der Waals surface area (Å²) in [5, 5.41) is 18.3. The van der Waals surface area contributed by atoms with E-state index in [9.17, 15) is 9.90 Å². The standard InChI is InChI=1S/C13H18N2O3/c14-11-3-1-2-10(12(11)13(17)18)7-15-5-4-9(6-15)8-16/h1-3,9,16H,4-8,14H2,(H,17,18). The third-order valence-electron chi connectivity index (χ3n) is 3.42. The molecule has 0 saturated carbocycles. The Morgan fingerprint density at radius 1 is 1.50 bits per heavy atom. The molecule has 1 saturated heterocycles. The average Bonchev–Trinajstić information content (AvgIpc) is 2.76. The Balaban J connectivity index is 2.15. The molecule has 0 radical (unpaired) electrons. The number of aliphatic hydroxyl groups is 1. The fraction of sp³-hybridized carbons (Fsp3) is 0.462. The first-order valence-corrected chi connectivity index (χ1v) is 6.05. The summed E-state index contributed by atoms with van der Waals surface area (Å²) in [5.41, 5.74) is 6.95. The second-order valence-electron chi connectivity index (χ2n) is 4.76. The molecule has 0 aliphatic carbocycles. The van der Waals surface area contributed by atoms with E-state index in [4.69, 9.17) is 10.8 Å². The van der Waals surface area contributed by atoms with Crippen LogP contribution in [0.1, 0.15) is 22.3 Å². The Morgan fingerprint density at radius 2 is 2.28 bits per heavy atom. The van der Waals surface area contributed by atoms with Gasteiger partial charge in [0.25, 0.3) is 0 Å². The monoisotopic (exact) mass is 250 g/mol. The topological polar surface area (TPSA) is 86.8 Å². The van der Waals surface area contributed by atoms with Crippen LogP contribution in [0.2, 0.25) is 0 Å². The summed E-state index contributed by atoms with van der Waals surface area (Å²) < 4.78 is 0. The molecule has 4 N–H and O–H groups in total. The van der Waals surface area contributed by atoms with Crippen LogP contribution in [0.25, 0.3) is 0 Å². The summed E-state index contributed by atoms with van der Waals surface area (Å²) in [6, 6.07) is 5.18. The summed E-state index contributed by atoms with van der Waals surface area (Å²) in [6.07, 6.45) is 0.960. The van der Waals surface area contributed by atoms with Crippen LogP contribution in [0, 0.1) is 5.92 Å². The number of anilines is 1. The Labute approximate surface area is 106 Å². The predicted molar refractivity (Wildman–Crippen MR) is 68.3 cm³/mol. The van der Waals surface area contributed by atoms with Crippen LogP contribution in [0.4, 0.5) is 5.69 Å². The van der Waals surface area contributed by atoms with Gasteiger partial charge in [0.05, 0.1) is 5.56 Å². The molecule has 18 heavy (non-hydrogen) atoms. The second-order valence-corrected chi connectivity index (χ2v) is 4.76. The molecule has 98 valence electrons. The number of aliphatic hydroxyl groups excluding tert-OH is 1. The van der Waals surface area contributed by atoms with E-state index in [1.807, 2.05) is 0 Å². The maximum atomic E-state index is 11.2. The third-order valence-corrected chi connectivity index (χ3v) is 3.42. The van der Waals surface area contributed by atoms with Gasteiger partial charge >= 0.3 is 5.97 Å². The van der Waals surface area contributed by atoms with Gasteiger partial charge in [-0.15, -0.1) is 0 Å². The van der Waals surface area contributed by atoms with Gasteiger partial charge in [0.15, 0.2) is 0 Å². The summed E-state index contributed by atoms with van der Waals surface area (Å²) in [5.74, 6) is -0.680. The first-order valence-electron chi connectivity index (χ1n) is 6.05. The van der Waals surface area contributed by atoms with E-state index in [0.29, 0.717) is 18.2 Å². The molecule has 0 aromatic heterocycles. The number of nitrogens with two attached hydrogens (primary N) is 1. The van der Waals surface area contributed by atoms with Gasteiger partial charge in [-0.05, 0) is 30.5 Å². The van der Waals surface area contributed by atoms with Gasteiger partial charge in [-0.1, -0.05) is 12.1 Å². The Hall–Kier alpha value is -1.59. The summed E-state index contributed by atoms with van der Waals surface area (Å²) >= 11 is 0. The second kappa shape index (κ2) is 5.37. The van der Waals surface area contributed by atoms with E-state index in [2.05, 4.69) is 4.90 Å². The van der Waals surface area contributed by atoms with Gasteiger partial charge in [0, 0.05) is 25.4 Å². The lowest BCUT2D eigenvalue weighted by Gasteiger charge is -2.17. The lowest BCUT2D eigenvalue weighted by atomic mass is 10.1. The fourth-order valence-electron chi connectivity index (χ4n) is 2.46. The van der Waals surface area contributed by atoms with E-state index in [0.717, 1.165) is 25.1 Å². The van der Waals surface area contributed by atoms with Crippen molar-refractivity contribution in [2.75, 3.05) is 25.4 Å². The van der Waals surface area contributed by atoms with Crippen molar-refractivity contribution in [1.29, 1.82) is 0 Å². The van der Waals surface area contributed by atoms with Crippen molar-refractivity contribution in [3.8, 4) is 0 Å². The van der Waals surface area contributed by atoms with Crippen LogP contribution in [-0.4, -0.2) is 40.8 Å². The number of nitrogens with zero attached hydrogens (tertiary/aromatic N) is 1. The average molecular weight is 250 g/mol. The van der Waals surface area contributed by atoms with E-state index < -0.39 is 5.97 Å². The van der Waals surface area contributed by atoms with E-state index in [1.54, 1.807) is 18.2 Å². The number of carbonyl (C=O) groups is 1. The van der Waals surface area contributed by atoms with Gasteiger partial charge in [-0.3, -0.25) is 4.90 Å². The molecule has 0 bridgehead atoms. The molecule has 5 nitrogen and oxygen atoms in total. The fourth-order valence-corrected chi connectivity index (χ4v) is 2.46. The van der Waals surface area contributed by atoms with Crippen molar-refractivity contribution >= 4 is 11.7 Å². The number of hydrogen-bond acceptors (Lipinski definition) is 4. The number of rotatable bonds is 4. The number of aromatic carboxylic acids is 1. The molecule has 1 fully saturated rings. The van der Waals surface area contributed by atoms with E-state index >= 15 is 0 Å². The van der Waals surface area contributed by atoms with Crippen LogP contribution >= 0.6 is 0 Å². The van der Waals surface area contributed by atoms with Crippen LogP contribution in [0.15, 0.2) is 18.2 Å². The number of benzene rings is 1. The SMILES string of the molecule is Nc1cccc(CN2CCC(CO)C2)c1C(=O)O. The van der Waals surface area contributed by atoms with E-state index in [-0.39, 0.29) is 12.2 Å². The van der Waals surface area contributed by atoms with Gasteiger partial charge < -0.3 is 15.9 Å². The molecule has 5 heteroatoms. The van der Waals surface area contributed by atoms with Crippen molar-refractivity contribution in [3.63, 3.8) is 0 Å². The van der Waals surface area contributed by atoms with Crippen molar-refractivity contribution < 1.29 is 15.0 Å². The maximum absolute atomic E-state index is 11.2. The first kappa shape index (κ1) is 12.9. The van der Waals surface area contributed by atoms with Crippen molar-refractivity contribution in [2.45, 2.75) is 13.0 Å². The quantitative estimate of drug-likeness (QED) is 0.687. The molecular weight excluding hydrogens is 232 g/mol. The van der Waals surface area contributed by atoms with Gasteiger partial charge in [0.1, 0.15) is 0 Å². The molecule has 1 unspecified atom stereocenters. The Bertz CT molecular complexity index is 448. The highest BCUT2D eigenvalue weighted by Gasteiger charge is 2.23. The maximum Gasteiger partial charge on any atom is 0.338 e. The highest BCUT2D eigenvalue weighted by Crippen LogP contribution is 2.22. The highest BCUT2D eigenvalue weighted by atomic mass is 16.4. The number of likely N-dealkylation sites (tertiary alicyclic amines) is 1. The molecule has 1 aliphatic heterocycles. The Kier molecular flexibility index (Phi) is 3.84. The lowest BCUT2D eigenvalue weighted by Crippen LogP contribution is -2.22. The summed E-state index contributed by atoms with van der Waals surface area (Å²) in [4.78, 5) is 13.4. The predicted octanol–water partition coefficient (Wildman–Crippen LogP) is 0.781. The number of carboxylic acid groups (broad SMARTS) is 1. The number of nitrogen functional groups attached to an aromatic ring is 1. The number of carboxylic acids is 1. The van der Waals surface area contributed by atoms with Crippen molar-refractivity contribution in [1.82, 2.24) is 4.90 Å². The molecule has 1 aromatic rings. The van der Waals surface area contributed by atoms with E-state index in [1.165, 1.54) is 0 Å². The normalized spacial score (nSPS) is 20.2. The summed E-state index contributed by atoms with van der Waals surface area (Å²) in [6.45, 7) is 2.46. The molecule has 1 aliphatic rings. The molecule has 1 aromatic carbocycles. The first-order chi connectivity index (χ1) is 8.61. The smallest absolute Gasteiger partial charge is 0.338 e. The Morgan fingerprint density at radius 3 is 2.89 bits per heavy atom.